The average Bonchev–Trinajstić information content (AvgIpc) is 2.62. The zero-order valence-corrected chi connectivity index (χ0v) is 10.3. The summed E-state index contributed by atoms with van der Waals surface area (Å²) < 4.78 is 0. The van der Waals surface area contributed by atoms with Crippen LogP contribution in [0.15, 0.2) is 12.1 Å². The lowest BCUT2D eigenvalue weighted by molar-refractivity contribution is -0.385. The van der Waals surface area contributed by atoms with Crippen LogP contribution in [0.4, 0.5) is 11.4 Å². The second kappa shape index (κ2) is 4.38. The third-order valence-electron chi connectivity index (χ3n) is 3.25. The van der Waals surface area contributed by atoms with Crippen LogP contribution in [-0.4, -0.2) is 23.4 Å². The van der Waals surface area contributed by atoms with Crippen molar-refractivity contribution in [2.24, 2.45) is 5.73 Å². The van der Waals surface area contributed by atoms with Gasteiger partial charge in [-0.1, -0.05) is 0 Å². The van der Waals surface area contributed by atoms with E-state index >= 15 is 0 Å². The normalized spacial score (nSPS) is 19.4. The molecule has 2 N–H and O–H groups in total. The monoisotopic (exact) mass is 249 g/mol. The lowest BCUT2D eigenvalue weighted by Crippen LogP contribution is -2.34. The number of nitro groups is 1. The summed E-state index contributed by atoms with van der Waals surface area (Å²) in [5.74, 6) is -0.119. The molecule has 1 amide bonds. The number of nitro benzene ring substituents is 1. The molecule has 1 unspecified atom stereocenters. The van der Waals surface area contributed by atoms with Crippen LogP contribution in [-0.2, 0) is 4.79 Å². The highest BCUT2D eigenvalue weighted by atomic mass is 16.6. The molecule has 6 nitrogen and oxygen atoms in total. The van der Waals surface area contributed by atoms with E-state index in [4.69, 9.17) is 5.73 Å². The second-order valence-corrected chi connectivity index (χ2v) is 4.57. The molecule has 1 fully saturated rings. The molecular formula is C12H15N3O3. The number of amides is 1. The van der Waals surface area contributed by atoms with Crippen molar-refractivity contribution in [2.75, 3.05) is 11.4 Å². The fourth-order valence-electron chi connectivity index (χ4n) is 2.21. The van der Waals surface area contributed by atoms with Crippen LogP contribution in [0, 0.1) is 24.0 Å². The van der Waals surface area contributed by atoms with E-state index in [0.717, 1.165) is 11.3 Å². The van der Waals surface area contributed by atoms with Gasteiger partial charge in [0.1, 0.15) is 0 Å². The number of nitrogens with zero attached hydrogens (tertiary/aromatic N) is 2. The van der Waals surface area contributed by atoms with Gasteiger partial charge in [-0.3, -0.25) is 14.9 Å². The number of nitrogens with two attached hydrogens (primary N) is 1. The molecule has 6 heteroatoms. The van der Waals surface area contributed by atoms with E-state index < -0.39 is 11.0 Å². The Labute approximate surface area is 105 Å². The maximum Gasteiger partial charge on any atom is 0.272 e. The molecule has 1 heterocycles. The molecule has 96 valence electrons. The van der Waals surface area contributed by atoms with Crippen molar-refractivity contribution in [1.29, 1.82) is 0 Å². The van der Waals surface area contributed by atoms with E-state index in [9.17, 15) is 14.9 Å². The quantitative estimate of drug-likeness (QED) is 0.631. The molecule has 18 heavy (non-hydrogen) atoms. The Morgan fingerprint density at radius 1 is 1.39 bits per heavy atom. The highest BCUT2D eigenvalue weighted by molar-refractivity contribution is 6.00. The molecule has 0 saturated carbocycles. The number of benzene rings is 1. The minimum Gasteiger partial charge on any atom is -0.320 e. The first-order valence-corrected chi connectivity index (χ1v) is 5.74. The topological polar surface area (TPSA) is 89.5 Å². The summed E-state index contributed by atoms with van der Waals surface area (Å²) in [7, 11) is 0. The number of anilines is 1. The molecule has 1 aliphatic rings. The summed E-state index contributed by atoms with van der Waals surface area (Å²) in [5, 5.41) is 10.8. The standard InChI is InChI=1S/C12H15N3O3/c1-7-6-11(15(17)18)8(2)5-10(7)14-4-3-9(13)12(14)16/h5-6,9H,3-4,13H2,1-2H3. The van der Waals surface area contributed by atoms with Crippen molar-refractivity contribution < 1.29 is 9.72 Å². The van der Waals surface area contributed by atoms with Crippen molar-refractivity contribution in [3.8, 4) is 0 Å². The Morgan fingerprint density at radius 3 is 2.56 bits per heavy atom. The summed E-state index contributed by atoms with van der Waals surface area (Å²) in [6.45, 7) is 4.00. The summed E-state index contributed by atoms with van der Waals surface area (Å²) in [5.41, 5.74) is 7.73. The number of rotatable bonds is 2. The molecular weight excluding hydrogens is 234 g/mol. The maximum absolute atomic E-state index is 11.9. The van der Waals surface area contributed by atoms with E-state index in [2.05, 4.69) is 0 Å². The van der Waals surface area contributed by atoms with Gasteiger partial charge >= 0.3 is 0 Å². The summed E-state index contributed by atoms with van der Waals surface area (Å²) in [6.07, 6.45) is 0.619. The fraction of sp³-hybridized carbons (Fsp3) is 0.417. The Kier molecular flexibility index (Phi) is 3.04. The van der Waals surface area contributed by atoms with Crippen LogP contribution in [0.1, 0.15) is 17.5 Å². The van der Waals surface area contributed by atoms with Crippen LogP contribution >= 0.6 is 0 Å². The molecule has 2 rings (SSSR count). The fourth-order valence-corrected chi connectivity index (χ4v) is 2.21. The SMILES string of the molecule is Cc1cc([N+](=O)[O-])c(C)cc1N1CCC(N)C1=O. The molecule has 1 aromatic carbocycles. The van der Waals surface area contributed by atoms with Crippen LogP contribution in [0.3, 0.4) is 0 Å². The second-order valence-electron chi connectivity index (χ2n) is 4.57. The number of hydrogen-bond acceptors (Lipinski definition) is 4. The van der Waals surface area contributed by atoms with Gasteiger partial charge in [0.15, 0.2) is 0 Å². The molecule has 0 radical (unpaired) electrons. The van der Waals surface area contributed by atoms with Crippen molar-refractivity contribution in [2.45, 2.75) is 26.3 Å². The van der Waals surface area contributed by atoms with Gasteiger partial charge in [0.2, 0.25) is 5.91 Å². The first kappa shape index (κ1) is 12.5. The predicted molar refractivity (Wildman–Crippen MR) is 67.5 cm³/mol. The van der Waals surface area contributed by atoms with E-state index in [1.54, 1.807) is 24.8 Å². The maximum atomic E-state index is 11.9. The van der Waals surface area contributed by atoms with Crippen molar-refractivity contribution in [3.63, 3.8) is 0 Å². The minimum absolute atomic E-state index is 0.0761. The van der Waals surface area contributed by atoms with E-state index in [1.165, 1.54) is 6.07 Å². The lowest BCUT2D eigenvalue weighted by Gasteiger charge is -2.19. The Hall–Kier alpha value is -1.95. The third kappa shape index (κ3) is 1.95. The molecule has 1 saturated heterocycles. The zero-order chi connectivity index (χ0) is 13.4. The van der Waals surface area contributed by atoms with Gasteiger partial charge in [-0.2, -0.15) is 0 Å². The third-order valence-corrected chi connectivity index (χ3v) is 3.25. The van der Waals surface area contributed by atoms with Crippen LogP contribution in [0.2, 0.25) is 0 Å². The predicted octanol–water partition coefficient (Wildman–Crippen LogP) is 1.28. The molecule has 0 bridgehead atoms. The van der Waals surface area contributed by atoms with Crippen LogP contribution in [0.5, 0.6) is 0 Å². The number of hydrogen-bond donors (Lipinski definition) is 1. The Balaban J connectivity index is 2.44. The average molecular weight is 249 g/mol. The smallest absolute Gasteiger partial charge is 0.272 e. The molecule has 0 spiro atoms. The summed E-state index contributed by atoms with van der Waals surface area (Å²) in [6, 6.07) is 2.73. The molecule has 1 aliphatic heterocycles. The van der Waals surface area contributed by atoms with Gasteiger partial charge in [0.05, 0.1) is 11.0 Å². The van der Waals surface area contributed by atoms with Crippen molar-refractivity contribution in [3.05, 3.63) is 33.4 Å². The van der Waals surface area contributed by atoms with Crippen molar-refractivity contribution >= 4 is 17.3 Å². The Bertz CT molecular complexity index is 528. The van der Waals surface area contributed by atoms with E-state index in [1.807, 2.05) is 0 Å². The van der Waals surface area contributed by atoms with Gasteiger partial charge in [-0.15, -0.1) is 0 Å². The molecule has 0 aromatic heterocycles. The first-order valence-electron chi connectivity index (χ1n) is 5.74. The first-order chi connectivity index (χ1) is 8.41. The van der Waals surface area contributed by atoms with Crippen molar-refractivity contribution in [1.82, 2.24) is 0 Å². The lowest BCUT2D eigenvalue weighted by atomic mass is 10.1. The summed E-state index contributed by atoms with van der Waals surface area (Å²) >= 11 is 0. The molecule has 0 aliphatic carbocycles. The van der Waals surface area contributed by atoms with E-state index in [-0.39, 0.29) is 11.6 Å². The molecule has 1 atom stereocenters. The molecule has 1 aromatic rings. The van der Waals surface area contributed by atoms with Crippen LogP contribution < -0.4 is 10.6 Å². The van der Waals surface area contributed by atoms with E-state index in [0.29, 0.717) is 18.5 Å². The zero-order valence-electron chi connectivity index (χ0n) is 10.3. The largest absolute Gasteiger partial charge is 0.320 e. The van der Waals surface area contributed by atoms with Gasteiger partial charge in [-0.05, 0) is 31.9 Å². The number of aryl methyl sites for hydroxylation is 2. The summed E-state index contributed by atoms with van der Waals surface area (Å²) in [4.78, 5) is 23.9. The van der Waals surface area contributed by atoms with Gasteiger partial charge < -0.3 is 10.6 Å². The Morgan fingerprint density at radius 2 is 2.06 bits per heavy atom. The van der Waals surface area contributed by atoms with Crippen LogP contribution in [0.25, 0.3) is 0 Å². The van der Waals surface area contributed by atoms with Gasteiger partial charge in [0, 0.05) is 23.9 Å². The number of carbonyl (C=O) groups excluding carboxylic acids is 1. The highest BCUT2D eigenvalue weighted by Crippen LogP contribution is 2.30. The van der Waals surface area contributed by atoms with Gasteiger partial charge in [-0.25, -0.2) is 0 Å². The van der Waals surface area contributed by atoms with Gasteiger partial charge in [0.25, 0.3) is 5.69 Å². The minimum atomic E-state index is -0.458. The highest BCUT2D eigenvalue weighted by Gasteiger charge is 2.31. The number of carbonyl (C=O) groups is 1.